The Bertz CT molecular complexity index is 1090. The lowest BCUT2D eigenvalue weighted by Crippen LogP contribution is -2.50. The summed E-state index contributed by atoms with van der Waals surface area (Å²) in [6.45, 7) is 1.60. The molecule has 9 heteroatoms. The molecule has 0 aliphatic carbocycles. The van der Waals surface area contributed by atoms with Crippen LogP contribution in [0.3, 0.4) is 0 Å². The average Bonchev–Trinajstić information content (AvgIpc) is 3.19. The summed E-state index contributed by atoms with van der Waals surface area (Å²) in [6.07, 6.45) is 3.53. The molecule has 0 bridgehead atoms. The average molecular weight is 492 g/mol. The molecule has 2 aromatic carbocycles. The molecule has 3 aromatic rings. The number of hydrogen-bond acceptors (Lipinski definition) is 3. The normalized spacial score (nSPS) is 14.1. The zero-order valence-corrected chi connectivity index (χ0v) is 18.1. The van der Waals surface area contributed by atoms with Crippen LogP contribution in [0.1, 0.15) is 20.7 Å². The summed E-state index contributed by atoms with van der Waals surface area (Å²) in [5.41, 5.74) is 1.69. The second-order valence-corrected chi connectivity index (χ2v) is 8.18. The molecule has 2 heterocycles. The van der Waals surface area contributed by atoms with Crippen molar-refractivity contribution in [1.29, 1.82) is 0 Å². The first kappa shape index (κ1) is 20.6. The highest BCUT2D eigenvalue weighted by molar-refractivity contribution is 9.10. The van der Waals surface area contributed by atoms with Crippen molar-refractivity contribution in [2.45, 2.75) is 0 Å². The molecule has 0 atom stereocenters. The van der Waals surface area contributed by atoms with Gasteiger partial charge in [0.05, 0.1) is 26.9 Å². The molecule has 1 aromatic heterocycles. The molecule has 4 rings (SSSR count). The Morgan fingerprint density at radius 1 is 0.967 bits per heavy atom. The van der Waals surface area contributed by atoms with E-state index in [0.29, 0.717) is 31.7 Å². The minimum absolute atomic E-state index is 0.0859. The Kier molecular flexibility index (Phi) is 5.87. The summed E-state index contributed by atoms with van der Waals surface area (Å²) in [5, 5.41) is 4.30. The molecule has 154 valence electrons. The molecule has 1 saturated heterocycles. The Hall–Kier alpha value is -2.71. The summed E-state index contributed by atoms with van der Waals surface area (Å²) < 4.78 is 15.8. The van der Waals surface area contributed by atoms with Crippen molar-refractivity contribution in [2.24, 2.45) is 0 Å². The van der Waals surface area contributed by atoms with Gasteiger partial charge < -0.3 is 9.80 Å². The lowest BCUT2D eigenvalue weighted by Gasteiger charge is -2.35. The number of nitrogens with zero attached hydrogens (tertiary/aromatic N) is 4. The van der Waals surface area contributed by atoms with Gasteiger partial charge >= 0.3 is 0 Å². The monoisotopic (exact) mass is 490 g/mol. The molecular formula is C21H17BrClFN4O2. The first-order chi connectivity index (χ1) is 14.4. The number of piperazine rings is 1. The van der Waals surface area contributed by atoms with Gasteiger partial charge in [-0.1, -0.05) is 11.6 Å². The van der Waals surface area contributed by atoms with E-state index >= 15 is 0 Å². The summed E-state index contributed by atoms with van der Waals surface area (Å²) in [6, 6.07) is 10.9. The molecule has 0 unspecified atom stereocenters. The van der Waals surface area contributed by atoms with Gasteiger partial charge in [-0.3, -0.25) is 9.59 Å². The summed E-state index contributed by atoms with van der Waals surface area (Å²) in [5.74, 6) is -0.838. The number of carbonyl (C=O) groups excluding carboxylic acids is 2. The van der Waals surface area contributed by atoms with Crippen LogP contribution in [0.5, 0.6) is 0 Å². The third-order valence-corrected chi connectivity index (χ3v) is 5.67. The highest BCUT2D eigenvalue weighted by Crippen LogP contribution is 2.20. The molecule has 30 heavy (non-hydrogen) atoms. The maximum atomic E-state index is 13.2. The number of hydrogen-bond donors (Lipinski definition) is 0. The third-order valence-electron chi connectivity index (χ3n) is 4.95. The second-order valence-electron chi connectivity index (χ2n) is 6.86. The Morgan fingerprint density at radius 3 is 2.17 bits per heavy atom. The van der Waals surface area contributed by atoms with Crippen LogP contribution in [-0.4, -0.2) is 57.6 Å². The molecule has 2 amide bonds. The SMILES string of the molecule is O=C(c1ccc(-n2cc(Br)cn2)cc1)N1CCN(C(=O)c2ccc(F)cc2Cl)CC1. The summed E-state index contributed by atoms with van der Waals surface area (Å²) in [7, 11) is 0. The van der Waals surface area contributed by atoms with Gasteiger partial charge in [-0.15, -0.1) is 0 Å². The zero-order valence-electron chi connectivity index (χ0n) is 15.8. The van der Waals surface area contributed by atoms with E-state index in [9.17, 15) is 14.0 Å². The first-order valence-electron chi connectivity index (χ1n) is 9.26. The Labute approximate surface area is 186 Å². The lowest BCUT2D eigenvalue weighted by molar-refractivity contribution is 0.0535. The van der Waals surface area contributed by atoms with E-state index in [2.05, 4.69) is 21.0 Å². The van der Waals surface area contributed by atoms with Crippen LogP contribution < -0.4 is 0 Å². The van der Waals surface area contributed by atoms with E-state index in [0.717, 1.165) is 16.2 Å². The van der Waals surface area contributed by atoms with Crippen LogP contribution in [0.15, 0.2) is 59.3 Å². The van der Waals surface area contributed by atoms with Crippen molar-refractivity contribution in [3.63, 3.8) is 0 Å². The minimum Gasteiger partial charge on any atom is -0.335 e. The van der Waals surface area contributed by atoms with Crippen molar-refractivity contribution in [1.82, 2.24) is 19.6 Å². The fourth-order valence-electron chi connectivity index (χ4n) is 3.33. The molecule has 0 spiro atoms. The number of benzene rings is 2. The van der Waals surface area contributed by atoms with Gasteiger partial charge in [0.15, 0.2) is 0 Å². The second kappa shape index (κ2) is 8.57. The van der Waals surface area contributed by atoms with Crippen LogP contribution in [0.4, 0.5) is 4.39 Å². The number of carbonyl (C=O) groups is 2. The number of amides is 2. The molecule has 1 fully saturated rings. The highest BCUT2D eigenvalue weighted by Gasteiger charge is 2.26. The van der Waals surface area contributed by atoms with Crippen LogP contribution in [-0.2, 0) is 0 Å². The molecule has 1 aliphatic rings. The van der Waals surface area contributed by atoms with E-state index in [4.69, 9.17) is 11.6 Å². The van der Waals surface area contributed by atoms with Crippen molar-refractivity contribution in [3.05, 3.63) is 81.3 Å². The van der Waals surface area contributed by atoms with E-state index in [-0.39, 0.29) is 22.4 Å². The predicted octanol–water partition coefficient (Wildman–Crippen LogP) is 4.03. The first-order valence-corrected chi connectivity index (χ1v) is 10.4. The molecular weight excluding hydrogens is 475 g/mol. The van der Waals surface area contributed by atoms with Gasteiger partial charge in [-0.05, 0) is 58.4 Å². The fraction of sp³-hybridized carbons (Fsp3) is 0.190. The molecule has 6 nitrogen and oxygen atoms in total. The predicted molar refractivity (Wildman–Crippen MR) is 114 cm³/mol. The Balaban J connectivity index is 1.39. The highest BCUT2D eigenvalue weighted by atomic mass is 79.9. The van der Waals surface area contributed by atoms with Gasteiger partial charge in [0, 0.05) is 37.9 Å². The topological polar surface area (TPSA) is 58.4 Å². The number of rotatable bonds is 3. The van der Waals surface area contributed by atoms with Gasteiger partial charge in [-0.2, -0.15) is 5.10 Å². The molecule has 1 aliphatic heterocycles. The van der Waals surface area contributed by atoms with Crippen LogP contribution in [0.2, 0.25) is 5.02 Å². The van der Waals surface area contributed by atoms with E-state index < -0.39 is 5.82 Å². The third kappa shape index (κ3) is 4.24. The smallest absolute Gasteiger partial charge is 0.255 e. The lowest BCUT2D eigenvalue weighted by atomic mass is 10.1. The van der Waals surface area contributed by atoms with E-state index in [1.807, 2.05) is 18.3 Å². The number of aromatic nitrogens is 2. The maximum Gasteiger partial charge on any atom is 0.255 e. The number of halogens is 3. The van der Waals surface area contributed by atoms with Gasteiger partial charge in [-0.25, -0.2) is 9.07 Å². The zero-order chi connectivity index (χ0) is 21.3. The molecule has 0 N–H and O–H groups in total. The summed E-state index contributed by atoms with van der Waals surface area (Å²) >= 11 is 9.36. The largest absolute Gasteiger partial charge is 0.335 e. The summed E-state index contributed by atoms with van der Waals surface area (Å²) in [4.78, 5) is 28.8. The van der Waals surface area contributed by atoms with Crippen molar-refractivity contribution in [2.75, 3.05) is 26.2 Å². The fourth-order valence-corrected chi connectivity index (χ4v) is 3.86. The van der Waals surface area contributed by atoms with E-state index in [1.165, 1.54) is 12.1 Å². The van der Waals surface area contributed by atoms with Gasteiger partial charge in [0.1, 0.15) is 5.82 Å². The van der Waals surface area contributed by atoms with Crippen LogP contribution in [0, 0.1) is 5.82 Å². The standard InChI is InChI=1S/C21H17BrClFN4O2/c22-15-12-25-28(13-15)17-4-1-14(2-5-17)20(29)26-7-9-27(10-8-26)21(30)18-6-3-16(24)11-19(18)23/h1-6,11-13H,7-10H2. The van der Waals surface area contributed by atoms with Crippen molar-refractivity contribution >= 4 is 39.3 Å². The van der Waals surface area contributed by atoms with Gasteiger partial charge in [0.2, 0.25) is 0 Å². The van der Waals surface area contributed by atoms with Gasteiger partial charge in [0.25, 0.3) is 11.8 Å². The van der Waals surface area contributed by atoms with Crippen molar-refractivity contribution in [3.8, 4) is 5.69 Å². The minimum atomic E-state index is -0.488. The molecule has 0 radical (unpaired) electrons. The quantitative estimate of drug-likeness (QED) is 0.556. The Morgan fingerprint density at radius 2 is 1.60 bits per heavy atom. The van der Waals surface area contributed by atoms with Crippen LogP contribution in [0.25, 0.3) is 5.69 Å². The van der Waals surface area contributed by atoms with Crippen LogP contribution >= 0.6 is 27.5 Å². The van der Waals surface area contributed by atoms with E-state index in [1.54, 1.807) is 32.8 Å². The van der Waals surface area contributed by atoms with Crippen molar-refractivity contribution < 1.29 is 14.0 Å². The molecule has 0 saturated carbocycles. The maximum absolute atomic E-state index is 13.2.